The zero-order chi connectivity index (χ0) is 21.5. The lowest BCUT2D eigenvalue weighted by Gasteiger charge is -2.09. The number of allylic oxidation sites excluding steroid dienone is 1. The van der Waals surface area contributed by atoms with E-state index in [0.717, 1.165) is 55.3 Å². The molecule has 0 aliphatic carbocycles. The Morgan fingerprint density at radius 3 is 2.50 bits per heavy atom. The number of ketones is 1. The number of fused-ring (bicyclic) bond motifs is 1. The van der Waals surface area contributed by atoms with Gasteiger partial charge in [0.1, 0.15) is 0 Å². The molecule has 4 heteroatoms. The monoisotopic (exact) mass is 405 g/mol. The van der Waals surface area contributed by atoms with Gasteiger partial charge in [0.25, 0.3) is 0 Å². The van der Waals surface area contributed by atoms with E-state index in [9.17, 15) is 9.59 Å². The highest BCUT2D eigenvalue weighted by molar-refractivity contribution is 6.18. The molecule has 0 unspecified atom stereocenters. The number of aromatic nitrogens is 1. The number of benzene rings is 1. The SMILES string of the molecule is C=Cc1ccc(C(=O)c2c(CCCC)cc3n2CC=C3C(=O)OCCCCC)cc1. The van der Waals surface area contributed by atoms with Gasteiger partial charge in [-0.25, -0.2) is 4.79 Å². The maximum atomic E-state index is 13.4. The molecule has 4 nitrogen and oxygen atoms in total. The molecule has 1 aromatic carbocycles. The largest absolute Gasteiger partial charge is 0.462 e. The van der Waals surface area contributed by atoms with E-state index >= 15 is 0 Å². The summed E-state index contributed by atoms with van der Waals surface area (Å²) in [5.74, 6) is -0.298. The quantitative estimate of drug-likeness (QED) is 0.268. The second kappa shape index (κ2) is 10.2. The fraction of sp³-hybridized carbons (Fsp3) is 0.385. The van der Waals surface area contributed by atoms with Crippen LogP contribution in [0.4, 0.5) is 0 Å². The van der Waals surface area contributed by atoms with Crippen LogP contribution in [0.25, 0.3) is 11.6 Å². The fourth-order valence-corrected chi connectivity index (χ4v) is 3.82. The Bertz CT molecular complexity index is 947. The minimum Gasteiger partial charge on any atom is -0.462 e. The molecule has 0 saturated heterocycles. The third-order valence-corrected chi connectivity index (χ3v) is 5.55. The summed E-state index contributed by atoms with van der Waals surface area (Å²) in [5, 5.41) is 0. The summed E-state index contributed by atoms with van der Waals surface area (Å²) in [4.78, 5) is 26.0. The summed E-state index contributed by atoms with van der Waals surface area (Å²) in [6.07, 6.45) is 9.51. The standard InChI is InChI=1S/C26H31NO3/c1-4-7-9-17-30-26(29)22-15-16-27-23(22)18-21(10-8-5-2)24(27)25(28)20-13-11-19(6-3)12-14-20/h6,11-15,18H,3-5,7-10,16-17H2,1-2H3. The molecule has 1 aromatic heterocycles. The number of hydrogen-bond donors (Lipinski definition) is 0. The fourth-order valence-electron chi connectivity index (χ4n) is 3.82. The van der Waals surface area contributed by atoms with E-state index in [-0.39, 0.29) is 11.8 Å². The van der Waals surface area contributed by atoms with Gasteiger partial charge < -0.3 is 9.30 Å². The van der Waals surface area contributed by atoms with Crippen LogP contribution in [0.15, 0.2) is 43.0 Å². The molecule has 2 heterocycles. The maximum absolute atomic E-state index is 13.4. The van der Waals surface area contributed by atoms with Gasteiger partial charge >= 0.3 is 5.97 Å². The predicted octanol–water partition coefficient (Wildman–Crippen LogP) is 5.84. The van der Waals surface area contributed by atoms with E-state index < -0.39 is 0 Å². The van der Waals surface area contributed by atoms with Gasteiger partial charge in [0.05, 0.1) is 23.6 Å². The Hall–Kier alpha value is -2.88. The first kappa shape index (κ1) is 21.8. The van der Waals surface area contributed by atoms with Crippen LogP contribution in [0, 0.1) is 0 Å². The first-order chi connectivity index (χ1) is 14.6. The highest BCUT2D eigenvalue weighted by Crippen LogP contribution is 2.31. The van der Waals surface area contributed by atoms with Crippen molar-refractivity contribution in [2.24, 2.45) is 0 Å². The molecule has 0 bridgehead atoms. The molecule has 0 fully saturated rings. The van der Waals surface area contributed by atoms with Crippen molar-refractivity contribution in [1.82, 2.24) is 4.57 Å². The van der Waals surface area contributed by atoms with Gasteiger partial charge in [-0.1, -0.05) is 70.0 Å². The second-order valence-electron chi connectivity index (χ2n) is 7.73. The number of carbonyl (C=O) groups excluding carboxylic acids is 2. The lowest BCUT2D eigenvalue weighted by molar-refractivity contribution is -0.136. The Balaban J connectivity index is 1.88. The van der Waals surface area contributed by atoms with Crippen molar-refractivity contribution in [3.63, 3.8) is 0 Å². The number of carbonyl (C=O) groups is 2. The molecule has 1 aliphatic rings. The molecule has 0 saturated carbocycles. The van der Waals surface area contributed by atoms with Crippen LogP contribution in [0.2, 0.25) is 0 Å². The minimum atomic E-state index is -0.293. The van der Waals surface area contributed by atoms with E-state index in [1.54, 1.807) is 6.08 Å². The molecular formula is C26H31NO3. The van der Waals surface area contributed by atoms with Crippen LogP contribution in [-0.4, -0.2) is 22.9 Å². The van der Waals surface area contributed by atoms with Crippen molar-refractivity contribution in [2.45, 2.75) is 58.9 Å². The average Bonchev–Trinajstić information content (AvgIpc) is 3.33. The van der Waals surface area contributed by atoms with Gasteiger partial charge in [-0.05, 0) is 42.5 Å². The maximum Gasteiger partial charge on any atom is 0.339 e. The minimum absolute atomic E-state index is 0.00562. The topological polar surface area (TPSA) is 48.3 Å². The zero-order valence-corrected chi connectivity index (χ0v) is 18.1. The molecule has 2 aromatic rings. The number of aryl methyl sites for hydroxylation is 1. The summed E-state index contributed by atoms with van der Waals surface area (Å²) in [6.45, 7) is 8.98. The average molecular weight is 406 g/mol. The van der Waals surface area contributed by atoms with Crippen LogP contribution >= 0.6 is 0 Å². The third kappa shape index (κ3) is 4.64. The van der Waals surface area contributed by atoms with Crippen LogP contribution in [-0.2, 0) is 22.5 Å². The van der Waals surface area contributed by atoms with Crippen molar-refractivity contribution in [3.8, 4) is 0 Å². The van der Waals surface area contributed by atoms with E-state index in [1.807, 2.05) is 41.0 Å². The first-order valence-corrected chi connectivity index (χ1v) is 11.0. The van der Waals surface area contributed by atoms with Crippen molar-refractivity contribution in [2.75, 3.05) is 6.61 Å². The molecule has 0 radical (unpaired) electrons. The Labute approximate surface area is 179 Å². The molecule has 0 amide bonds. The smallest absolute Gasteiger partial charge is 0.339 e. The second-order valence-corrected chi connectivity index (χ2v) is 7.73. The number of hydrogen-bond acceptors (Lipinski definition) is 3. The van der Waals surface area contributed by atoms with Gasteiger partial charge in [-0.2, -0.15) is 0 Å². The summed E-state index contributed by atoms with van der Waals surface area (Å²) >= 11 is 0. The number of unbranched alkanes of at least 4 members (excludes halogenated alkanes) is 3. The van der Waals surface area contributed by atoms with Crippen LogP contribution in [0.1, 0.15) is 78.8 Å². The summed E-state index contributed by atoms with van der Waals surface area (Å²) in [7, 11) is 0. The lowest BCUT2D eigenvalue weighted by atomic mass is 10.0. The van der Waals surface area contributed by atoms with Gasteiger partial charge in [0, 0.05) is 12.1 Å². The van der Waals surface area contributed by atoms with E-state index in [2.05, 4.69) is 20.4 Å². The molecule has 30 heavy (non-hydrogen) atoms. The number of nitrogens with zero attached hydrogens (tertiary/aromatic N) is 1. The van der Waals surface area contributed by atoms with Gasteiger partial charge in [-0.15, -0.1) is 0 Å². The van der Waals surface area contributed by atoms with Gasteiger partial charge in [-0.3, -0.25) is 4.79 Å². The summed E-state index contributed by atoms with van der Waals surface area (Å²) < 4.78 is 7.44. The van der Waals surface area contributed by atoms with Crippen molar-refractivity contribution in [1.29, 1.82) is 0 Å². The van der Waals surface area contributed by atoms with E-state index in [4.69, 9.17) is 4.74 Å². The Morgan fingerprint density at radius 2 is 1.83 bits per heavy atom. The Morgan fingerprint density at radius 1 is 1.10 bits per heavy atom. The lowest BCUT2D eigenvalue weighted by Crippen LogP contribution is -2.12. The highest BCUT2D eigenvalue weighted by Gasteiger charge is 2.29. The normalized spacial score (nSPS) is 12.4. The van der Waals surface area contributed by atoms with Crippen LogP contribution < -0.4 is 0 Å². The predicted molar refractivity (Wildman–Crippen MR) is 121 cm³/mol. The molecule has 158 valence electrons. The zero-order valence-electron chi connectivity index (χ0n) is 18.1. The number of rotatable bonds is 11. The molecule has 0 spiro atoms. The van der Waals surface area contributed by atoms with E-state index in [0.29, 0.717) is 30.0 Å². The van der Waals surface area contributed by atoms with Crippen LogP contribution in [0.5, 0.6) is 0 Å². The van der Waals surface area contributed by atoms with Gasteiger partial charge in [0.2, 0.25) is 5.78 Å². The van der Waals surface area contributed by atoms with E-state index in [1.165, 1.54) is 0 Å². The highest BCUT2D eigenvalue weighted by atomic mass is 16.5. The molecule has 0 atom stereocenters. The molecule has 1 aliphatic heterocycles. The van der Waals surface area contributed by atoms with Crippen molar-refractivity contribution < 1.29 is 14.3 Å². The third-order valence-electron chi connectivity index (χ3n) is 5.55. The van der Waals surface area contributed by atoms with Crippen molar-refractivity contribution in [3.05, 3.63) is 71.1 Å². The first-order valence-electron chi connectivity index (χ1n) is 11.0. The molecule has 0 N–H and O–H groups in total. The van der Waals surface area contributed by atoms with Gasteiger partial charge in [0.15, 0.2) is 0 Å². The summed E-state index contributed by atoms with van der Waals surface area (Å²) in [6, 6.07) is 9.49. The Kier molecular flexibility index (Phi) is 7.45. The molecule has 3 rings (SSSR count). The summed E-state index contributed by atoms with van der Waals surface area (Å²) in [5.41, 5.74) is 4.70. The van der Waals surface area contributed by atoms with Crippen molar-refractivity contribution >= 4 is 23.4 Å². The van der Waals surface area contributed by atoms with Crippen LogP contribution in [0.3, 0.4) is 0 Å². The molecular weight excluding hydrogens is 374 g/mol. The number of esters is 1. The number of ether oxygens (including phenoxy) is 1.